The van der Waals surface area contributed by atoms with Gasteiger partial charge in [-0.3, -0.25) is 19.9 Å². The van der Waals surface area contributed by atoms with Gasteiger partial charge in [-0.1, -0.05) is 23.4 Å². The summed E-state index contributed by atoms with van der Waals surface area (Å²) in [4.78, 5) is 19.3. The lowest BCUT2D eigenvalue weighted by Crippen LogP contribution is -2.48. The van der Waals surface area contributed by atoms with Crippen LogP contribution in [0.1, 0.15) is 36.8 Å². The number of aryl methyl sites for hydroxylation is 1. The van der Waals surface area contributed by atoms with Gasteiger partial charge in [0.2, 0.25) is 5.91 Å². The van der Waals surface area contributed by atoms with Gasteiger partial charge in [0.05, 0.1) is 29.6 Å². The maximum atomic E-state index is 13.1. The molecule has 0 spiro atoms. The zero-order valence-corrected chi connectivity index (χ0v) is 20.9. The lowest BCUT2D eigenvalue weighted by atomic mass is 9.73. The number of ether oxygens (including phenoxy) is 1. The summed E-state index contributed by atoms with van der Waals surface area (Å²) in [6.45, 7) is 1.96. The lowest BCUT2D eigenvalue weighted by Gasteiger charge is -2.39. The standard InChI is InChI=1S/C28H29ClFN3O3/c1-36-22-10-11-26-24(18-22)23(25(29)19-31-26)5-2-12-28(27(34)32-35)13-16-33(17-14-28)15-3-4-20-6-8-21(30)9-7-20/h6-11,18-19,35H,2,5,12-17H2,1H3,(H,32,34). The molecule has 1 fully saturated rings. The Kier molecular flexibility index (Phi) is 8.42. The Balaban J connectivity index is 1.39. The number of nitrogens with one attached hydrogen (secondary N) is 1. The number of rotatable bonds is 7. The molecule has 2 heterocycles. The van der Waals surface area contributed by atoms with Crippen LogP contribution in [0.5, 0.6) is 5.75 Å². The number of carbonyl (C=O) groups is 1. The molecule has 1 saturated heterocycles. The van der Waals surface area contributed by atoms with Gasteiger partial charge in [0.1, 0.15) is 11.6 Å². The van der Waals surface area contributed by atoms with E-state index in [9.17, 15) is 14.4 Å². The molecule has 1 aromatic heterocycles. The lowest BCUT2D eigenvalue weighted by molar-refractivity contribution is -0.143. The van der Waals surface area contributed by atoms with E-state index in [4.69, 9.17) is 16.3 Å². The first kappa shape index (κ1) is 25.9. The summed E-state index contributed by atoms with van der Waals surface area (Å²) in [5.41, 5.74) is 3.83. The highest BCUT2D eigenvalue weighted by molar-refractivity contribution is 6.32. The van der Waals surface area contributed by atoms with Crippen LogP contribution < -0.4 is 10.2 Å². The summed E-state index contributed by atoms with van der Waals surface area (Å²) in [5, 5.41) is 11.0. The topological polar surface area (TPSA) is 74.7 Å². The smallest absolute Gasteiger partial charge is 0.249 e. The number of halogens is 2. The number of hydrogen-bond donors (Lipinski definition) is 2. The van der Waals surface area contributed by atoms with Crippen LogP contribution in [0.15, 0.2) is 48.7 Å². The van der Waals surface area contributed by atoms with E-state index in [1.807, 2.05) is 23.7 Å². The van der Waals surface area contributed by atoms with Crippen LogP contribution in [-0.2, 0) is 11.2 Å². The molecule has 4 rings (SSSR count). The number of nitrogens with zero attached hydrogens (tertiary/aromatic N) is 2. The second-order valence-electron chi connectivity index (χ2n) is 9.13. The van der Waals surface area contributed by atoms with Crippen molar-refractivity contribution in [3.8, 4) is 17.6 Å². The van der Waals surface area contributed by atoms with Gasteiger partial charge in [-0.05, 0) is 80.1 Å². The number of fused-ring (bicyclic) bond motifs is 1. The van der Waals surface area contributed by atoms with Crippen LogP contribution >= 0.6 is 11.6 Å². The number of carbonyl (C=O) groups excluding carboxylic acids is 1. The van der Waals surface area contributed by atoms with Gasteiger partial charge < -0.3 is 4.74 Å². The largest absolute Gasteiger partial charge is 0.497 e. The van der Waals surface area contributed by atoms with Crippen LogP contribution in [0.3, 0.4) is 0 Å². The number of hydroxylamine groups is 1. The van der Waals surface area contributed by atoms with E-state index in [1.54, 1.807) is 25.4 Å². The quantitative estimate of drug-likeness (QED) is 0.266. The predicted molar refractivity (Wildman–Crippen MR) is 138 cm³/mol. The number of amides is 1. The normalized spacial score (nSPS) is 15.2. The summed E-state index contributed by atoms with van der Waals surface area (Å²) >= 11 is 6.50. The fourth-order valence-corrected chi connectivity index (χ4v) is 5.07. The predicted octanol–water partition coefficient (Wildman–Crippen LogP) is 5.00. The maximum absolute atomic E-state index is 13.1. The first-order valence-corrected chi connectivity index (χ1v) is 12.3. The molecule has 2 aromatic carbocycles. The van der Waals surface area contributed by atoms with Crippen molar-refractivity contribution < 1.29 is 19.1 Å². The Morgan fingerprint density at radius 3 is 2.69 bits per heavy atom. The number of benzene rings is 2. The molecule has 188 valence electrons. The van der Waals surface area contributed by atoms with Crippen molar-refractivity contribution in [2.24, 2.45) is 5.41 Å². The number of pyridine rings is 1. The Morgan fingerprint density at radius 2 is 2.00 bits per heavy atom. The molecule has 1 aliphatic rings. The molecule has 0 radical (unpaired) electrons. The van der Waals surface area contributed by atoms with Crippen molar-refractivity contribution in [2.45, 2.75) is 32.1 Å². The number of methoxy groups -OCH3 is 1. The van der Waals surface area contributed by atoms with Gasteiger partial charge in [-0.25, -0.2) is 9.87 Å². The molecule has 0 aliphatic carbocycles. The summed E-state index contributed by atoms with van der Waals surface area (Å²) < 4.78 is 18.4. The summed E-state index contributed by atoms with van der Waals surface area (Å²) in [6.07, 6.45) is 4.94. The van der Waals surface area contributed by atoms with E-state index in [-0.39, 0.29) is 11.7 Å². The van der Waals surface area contributed by atoms with E-state index >= 15 is 0 Å². The minimum Gasteiger partial charge on any atom is -0.497 e. The molecule has 8 heteroatoms. The third kappa shape index (κ3) is 5.96. The van der Waals surface area contributed by atoms with Gasteiger partial charge in [0.25, 0.3) is 0 Å². The second-order valence-corrected chi connectivity index (χ2v) is 9.53. The van der Waals surface area contributed by atoms with E-state index in [0.717, 1.165) is 34.2 Å². The summed E-state index contributed by atoms with van der Waals surface area (Å²) in [7, 11) is 1.62. The Labute approximate surface area is 215 Å². The molecule has 0 bridgehead atoms. The van der Waals surface area contributed by atoms with Crippen LogP contribution in [0.2, 0.25) is 5.02 Å². The molecule has 0 atom stereocenters. The van der Waals surface area contributed by atoms with E-state index < -0.39 is 5.41 Å². The van der Waals surface area contributed by atoms with Crippen molar-refractivity contribution in [3.63, 3.8) is 0 Å². The molecule has 1 aliphatic heterocycles. The van der Waals surface area contributed by atoms with Crippen molar-refractivity contribution >= 4 is 28.4 Å². The van der Waals surface area contributed by atoms with Gasteiger partial charge >= 0.3 is 0 Å². The molecule has 0 saturated carbocycles. The van der Waals surface area contributed by atoms with E-state index in [2.05, 4.69) is 21.7 Å². The van der Waals surface area contributed by atoms with Gasteiger partial charge in [0.15, 0.2) is 0 Å². The third-order valence-corrected chi connectivity index (χ3v) is 7.32. The highest BCUT2D eigenvalue weighted by Gasteiger charge is 2.40. The van der Waals surface area contributed by atoms with Gasteiger partial charge in [-0.2, -0.15) is 0 Å². The monoisotopic (exact) mass is 509 g/mol. The molecule has 2 N–H and O–H groups in total. The molecule has 36 heavy (non-hydrogen) atoms. The van der Waals surface area contributed by atoms with Crippen molar-refractivity contribution in [1.82, 2.24) is 15.4 Å². The van der Waals surface area contributed by atoms with Gasteiger partial charge in [0, 0.05) is 30.2 Å². The maximum Gasteiger partial charge on any atom is 0.249 e. The molecule has 3 aromatic rings. The SMILES string of the molecule is COc1ccc2ncc(Cl)c(CCCC3(C(=O)NO)CCN(CC#Cc4ccc(F)cc4)CC3)c2c1. The number of piperidine rings is 1. The van der Waals surface area contributed by atoms with Crippen LogP contribution in [0.4, 0.5) is 4.39 Å². The second kappa shape index (κ2) is 11.7. The third-order valence-electron chi connectivity index (χ3n) is 6.99. The highest BCUT2D eigenvalue weighted by atomic mass is 35.5. The summed E-state index contributed by atoms with van der Waals surface area (Å²) in [6, 6.07) is 11.8. The van der Waals surface area contributed by atoms with Crippen molar-refractivity contribution in [1.29, 1.82) is 0 Å². The average Bonchev–Trinajstić information content (AvgIpc) is 2.91. The number of aromatic nitrogens is 1. The summed E-state index contributed by atoms with van der Waals surface area (Å²) in [5.74, 6) is 6.29. The minimum absolute atomic E-state index is 0.283. The first-order valence-electron chi connectivity index (χ1n) is 12.0. The van der Waals surface area contributed by atoms with E-state index in [1.165, 1.54) is 12.1 Å². The molecular weight excluding hydrogens is 481 g/mol. The molecule has 6 nitrogen and oxygen atoms in total. The molecule has 1 amide bonds. The number of hydrogen-bond acceptors (Lipinski definition) is 5. The fraction of sp³-hybridized carbons (Fsp3) is 0.357. The van der Waals surface area contributed by atoms with Gasteiger partial charge in [-0.15, -0.1) is 0 Å². The Bertz CT molecular complexity index is 1280. The van der Waals surface area contributed by atoms with Crippen molar-refractivity contribution in [2.75, 3.05) is 26.7 Å². The minimum atomic E-state index is -0.650. The zero-order chi connectivity index (χ0) is 25.5. The van der Waals surface area contributed by atoms with Crippen LogP contribution in [0, 0.1) is 23.1 Å². The fourth-order valence-electron chi connectivity index (χ4n) is 4.82. The van der Waals surface area contributed by atoms with Crippen molar-refractivity contribution in [3.05, 3.63) is 70.6 Å². The zero-order valence-electron chi connectivity index (χ0n) is 20.2. The van der Waals surface area contributed by atoms with Crippen LogP contribution in [0.25, 0.3) is 10.9 Å². The Morgan fingerprint density at radius 1 is 1.25 bits per heavy atom. The highest BCUT2D eigenvalue weighted by Crippen LogP contribution is 2.38. The Hall–Kier alpha value is -3.18. The molecule has 0 unspecified atom stereocenters. The van der Waals surface area contributed by atoms with Crippen LogP contribution in [-0.4, -0.2) is 47.7 Å². The van der Waals surface area contributed by atoms with E-state index in [0.29, 0.717) is 50.3 Å². The average molecular weight is 510 g/mol. The first-order chi connectivity index (χ1) is 17.4. The number of likely N-dealkylation sites (tertiary alicyclic amines) is 1. The molecular formula is C28H29ClFN3O3.